The molecule has 0 aromatic heterocycles. The van der Waals surface area contributed by atoms with Gasteiger partial charge in [0.05, 0.1) is 0 Å². The van der Waals surface area contributed by atoms with Gasteiger partial charge >= 0.3 is 0 Å². The molecular weight excluding hydrogens is 292 g/mol. The lowest BCUT2D eigenvalue weighted by Gasteiger charge is -2.34. The van der Waals surface area contributed by atoms with Crippen molar-refractivity contribution < 1.29 is 0 Å². The van der Waals surface area contributed by atoms with Crippen molar-refractivity contribution in [3.63, 3.8) is 0 Å². The van der Waals surface area contributed by atoms with Crippen LogP contribution in [0.2, 0.25) is 0 Å². The number of rotatable bonds is 4. The van der Waals surface area contributed by atoms with Crippen molar-refractivity contribution in [2.75, 3.05) is 0 Å². The normalized spacial score (nSPS) is 18.2. The molecule has 0 fully saturated rings. The maximum atomic E-state index is 8.87. The molecule has 2 nitrogen and oxygen atoms in total. The number of benzene rings is 1. The minimum atomic E-state index is 0.309. The Morgan fingerprint density at radius 1 is 0.958 bits per heavy atom. The van der Waals surface area contributed by atoms with Gasteiger partial charge in [0.1, 0.15) is 5.84 Å². The van der Waals surface area contributed by atoms with Crippen LogP contribution in [0.25, 0.3) is 5.57 Å². The zero-order chi connectivity index (χ0) is 18.2. The van der Waals surface area contributed by atoms with Gasteiger partial charge in [-0.15, -0.1) is 0 Å². The highest BCUT2D eigenvalue weighted by molar-refractivity contribution is 6.02. The second-order valence-electron chi connectivity index (χ2n) is 7.56. The average Bonchev–Trinajstić information content (AvgIpc) is 2.70. The van der Waals surface area contributed by atoms with Crippen LogP contribution in [0.4, 0.5) is 0 Å². The van der Waals surface area contributed by atoms with E-state index in [0.717, 1.165) is 5.56 Å². The summed E-state index contributed by atoms with van der Waals surface area (Å²) in [5.74, 6) is 1.05. The second kappa shape index (κ2) is 6.96. The lowest BCUT2D eigenvalue weighted by molar-refractivity contribution is 0.291. The molecule has 1 aliphatic rings. The van der Waals surface area contributed by atoms with E-state index in [9.17, 15) is 0 Å². The molecule has 0 amide bonds. The van der Waals surface area contributed by atoms with Gasteiger partial charge in [-0.3, -0.25) is 5.41 Å². The number of hydrogen-bond donors (Lipinski definition) is 1. The lowest BCUT2D eigenvalue weighted by atomic mass is 9.88. The van der Waals surface area contributed by atoms with E-state index in [1.807, 2.05) is 0 Å². The number of allylic oxidation sites excluding steroid dienone is 4. The van der Waals surface area contributed by atoms with Crippen molar-refractivity contribution in [2.45, 2.75) is 67.5 Å². The third-order valence-electron chi connectivity index (χ3n) is 5.48. The molecule has 1 unspecified atom stereocenters. The van der Waals surface area contributed by atoms with Gasteiger partial charge in [-0.25, -0.2) is 0 Å². The Balaban J connectivity index is 2.56. The van der Waals surface area contributed by atoms with Crippen LogP contribution in [0.15, 0.2) is 41.0 Å². The molecule has 0 spiro atoms. The summed E-state index contributed by atoms with van der Waals surface area (Å²) in [5.41, 5.74) is 7.88. The molecular formula is C22H32N2. The largest absolute Gasteiger partial charge is 0.352 e. The van der Waals surface area contributed by atoms with Crippen molar-refractivity contribution in [1.29, 1.82) is 5.41 Å². The molecule has 1 aromatic carbocycles. The Morgan fingerprint density at radius 3 is 1.96 bits per heavy atom. The molecule has 0 bridgehead atoms. The van der Waals surface area contributed by atoms with Crippen LogP contribution in [0, 0.1) is 11.3 Å². The number of nitrogens with zero attached hydrogens (tertiary/aromatic N) is 1. The monoisotopic (exact) mass is 324 g/mol. The summed E-state index contributed by atoms with van der Waals surface area (Å²) >= 11 is 0. The Labute approximate surface area is 147 Å². The summed E-state index contributed by atoms with van der Waals surface area (Å²) in [6, 6.07) is 9.05. The van der Waals surface area contributed by atoms with Crippen LogP contribution in [0.5, 0.6) is 0 Å². The predicted octanol–water partition coefficient (Wildman–Crippen LogP) is 5.89. The number of amidine groups is 1. The average molecular weight is 325 g/mol. The summed E-state index contributed by atoms with van der Waals surface area (Å²) < 4.78 is 0. The van der Waals surface area contributed by atoms with E-state index in [1.165, 1.54) is 27.9 Å². The molecule has 24 heavy (non-hydrogen) atoms. The molecule has 0 aliphatic heterocycles. The van der Waals surface area contributed by atoms with Crippen LogP contribution < -0.4 is 0 Å². The number of hydrogen-bond acceptors (Lipinski definition) is 1. The number of nitrogens with one attached hydrogen (secondary N) is 1. The molecule has 1 aromatic rings. The smallest absolute Gasteiger partial charge is 0.129 e. The van der Waals surface area contributed by atoms with E-state index in [2.05, 4.69) is 84.6 Å². The standard InChI is InChI=1S/C22H32N2/c1-13(2)24(14(3)4)22(23)20-12-10-9-11-19(20)21-17(7)15(5)16(6)18(21)8/h9-14,17,23H,1-8H3. The SMILES string of the molecule is CC1=C(C)C(C)C(c2ccccc2C(=N)N(C(C)C)C(C)C)=C1C. The van der Waals surface area contributed by atoms with Gasteiger partial charge in [0.15, 0.2) is 0 Å². The van der Waals surface area contributed by atoms with Crippen molar-refractivity contribution >= 4 is 11.4 Å². The molecule has 0 saturated carbocycles. The third-order valence-corrected chi connectivity index (χ3v) is 5.48. The maximum Gasteiger partial charge on any atom is 0.129 e. The van der Waals surface area contributed by atoms with Crippen LogP contribution in [0.3, 0.4) is 0 Å². The maximum absolute atomic E-state index is 8.87. The summed E-state index contributed by atoms with van der Waals surface area (Å²) in [7, 11) is 0. The Morgan fingerprint density at radius 2 is 1.50 bits per heavy atom. The second-order valence-corrected chi connectivity index (χ2v) is 7.56. The fourth-order valence-electron chi connectivity index (χ4n) is 3.98. The van der Waals surface area contributed by atoms with Gasteiger partial charge in [-0.1, -0.05) is 36.8 Å². The van der Waals surface area contributed by atoms with Crippen LogP contribution in [0.1, 0.15) is 66.5 Å². The summed E-state index contributed by atoms with van der Waals surface area (Å²) in [4.78, 5) is 2.20. The topological polar surface area (TPSA) is 27.1 Å². The van der Waals surface area contributed by atoms with Gasteiger partial charge in [-0.2, -0.15) is 0 Å². The van der Waals surface area contributed by atoms with E-state index in [0.29, 0.717) is 23.8 Å². The fourth-order valence-corrected chi connectivity index (χ4v) is 3.98. The van der Waals surface area contributed by atoms with Crippen LogP contribution >= 0.6 is 0 Å². The Bertz CT molecular complexity index is 696. The first-order valence-electron chi connectivity index (χ1n) is 9.03. The molecule has 2 rings (SSSR count). The van der Waals surface area contributed by atoms with E-state index in [-0.39, 0.29) is 0 Å². The van der Waals surface area contributed by atoms with Gasteiger partial charge in [-0.05, 0) is 70.7 Å². The minimum absolute atomic E-state index is 0.309. The fraction of sp³-hybridized carbons (Fsp3) is 0.500. The van der Waals surface area contributed by atoms with E-state index in [4.69, 9.17) is 5.41 Å². The predicted molar refractivity (Wildman–Crippen MR) is 106 cm³/mol. The van der Waals surface area contributed by atoms with Gasteiger partial charge in [0.25, 0.3) is 0 Å². The first-order valence-corrected chi connectivity index (χ1v) is 9.03. The quantitative estimate of drug-likeness (QED) is 0.542. The Hall–Kier alpha value is -1.83. The zero-order valence-corrected chi connectivity index (χ0v) is 16.5. The van der Waals surface area contributed by atoms with Crippen molar-refractivity contribution in [2.24, 2.45) is 5.92 Å². The van der Waals surface area contributed by atoms with E-state index in [1.54, 1.807) is 0 Å². The van der Waals surface area contributed by atoms with Crippen molar-refractivity contribution in [3.05, 3.63) is 52.1 Å². The molecule has 0 saturated heterocycles. The van der Waals surface area contributed by atoms with Crippen molar-refractivity contribution in [1.82, 2.24) is 4.90 Å². The van der Waals surface area contributed by atoms with E-state index >= 15 is 0 Å². The molecule has 0 radical (unpaired) electrons. The zero-order valence-electron chi connectivity index (χ0n) is 16.5. The van der Waals surface area contributed by atoms with Crippen LogP contribution in [-0.2, 0) is 0 Å². The minimum Gasteiger partial charge on any atom is -0.352 e. The first-order chi connectivity index (χ1) is 11.2. The van der Waals surface area contributed by atoms with Gasteiger partial charge in [0, 0.05) is 23.6 Å². The summed E-state index contributed by atoms with van der Waals surface area (Å²) in [5, 5.41) is 8.87. The summed E-state index contributed by atoms with van der Waals surface area (Å²) in [6.07, 6.45) is 0. The van der Waals surface area contributed by atoms with Gasteiger partial charge in [0.2, 0.25) is 0 Å². The highest BCUT2D eigenvalue weighted by atomic mass is 15.2. The van der Waals surface area contributed by atoms with Gasteiger partial charge < -0.3 is 4.90 Å². The summed E-state index contributed by atoms with van der Waals surface area (Å²) in [6.45, 7) is 17.6. The molecule has 0 heterocycles. The highest BCUT2D eigenvalue weighted by Gasteiger charge is 2.28. The lowest BCUT2D eigenvalue weighted by Crippen LogP contribution is -2.42. The molecule has 130 valence electrons. The van der Waals surface area contributed by atoms with E-state index < -0.39 is 0 Å². The Kier molecular flexibility index (Phi) is 5.37. The molecule has 1 N–H and O–H groups in total. The highest BCUT2D eigenvalue weighted by Crippen LogP contribution is 2.43. The molecule has 1 aliphatic carbocycles. The molecule has 2 heteroatoms. The third kappa shape index (κ3) is 3.07. The van der Waals surface area contributed by atoms with Crippen molar-refractivity contribution in [3.8, 4) is 0 Å². The first kappa shape index (κ1) is 18.5. The van der Waals surface area contributed by atoms with Crippen LogP contribution in [-0.4, -0.2) is 22.8 Å². The molecule has 1 atom stereocenters.